The summed E-state index contributed by atoms with van der Waals surface area (Å²) in [6.07, 6.45) is -6.75. The first-order valence-corrected chi connectivity index (χ1v) is 9.03. The van der Waals surface area contributed by atoms with Gasteiger partial charge in [-0.3, -0.25) is 19.1 Å². The van der Waals surface area contributed by atoms with Crippen molar-refractivity contribution >= 4 is 18.1 Å². The fourth-order valence-electron chi connectivity index (χ4n) is 3.40. The summed E-state index contributed by atoms with van der Waals surface area (Å²) in [6.45, 7) is 2.41. The van der Waals surface area contributed by atoms with Gasteiger partial charge in [0.05, 0.1) is 18.7 Å². The normalized spacial score (nSPS) is 28.4. The lowest BCUT2D eigenvalue weighted by Gasteiger charge is -2.25. The Kier molecular flexibility index (Phi) is 5.64. The number of aliphatic hydroxyl groups excluding tert-OH is 1. The molecule has 2 fully saturated rings. The third-order valence-corrected chi connectivity index (χ3v) is 4.93. The summed E-state index contributed by atoms with van der Waals surface area (Å²) >= 11 is 5.16. The highest BCUT2D eigenvalue weighted by Crippen LogP contribution is 2.42. The molecule has 9 nitrogen and oxygen atoms in total. The molecule has 0 aromatic carbocycles. The van der Waals surface area contributed by atoms with Gasteiger partial charge in [-0.15, -0.1) is 0 Å². The molecule has 0 spiro atoms. The SMILES string of the molecule is CN(Cc1cn([C@@H]2O[C@H](CO)C3OC(C)(C)O[C@@H]32)c(=S)[nH]c1=O)C(=O)C(F)(F)F. The molecule has 2 N–H and O–H groups in total. The van der Waals surface area contributed by atoms with E-state index >= 15 is 0 Å². The number of hydrogen-bond acceptors (Lipinski definition) is 7. The number of fused-ring (bicyclic) bond motifs is 1. The summed E-state index contributed by atoms with van der Waals surface area (Å²) in [5.74, 6) is -3.03. The van der Waals surface area contributed by atoms with Crippen LogP contribution in [0.5, 0.6) is 0 Å². The minimum atomic E-state index is -5.06. The molecule has 2 saturated heterocycles. The van der Waals surface area contributed by atoms with Crippen molar-refractivity contribution in [1.29, 1.82) is 0 Å². The average Bonchev–Trinajstić information content (AvgIpc) is 3.08. The molecule has 1 aromatic rings. The Balaban J connectivity index is 1.93. The van der Waals surface area contributed by atoms with Crippen molar-refractivity contribution in [3.05, 3.63) is 26.9 Å². The van der Waals surface area contributed by atoms with E-state index in [2.05, 4.69) is 4.98 Å². The van der Waals surface area contributed by atoms with Crippen molar-refractivity contribution in [2.75, 3.05) is 13.7 Å². The number of aromatic nitrogens is 2. The van der Waals surface area contributed by atoms with E-state index in [1.807, 2.05) is 0 Å². The minimum Gasteiger partial charge on any atom is -0.394 e. The van der Waals surface area contributed by atoms with Gasteiger partial charge < -0.3 is 24.2 Å². The second-order valence-electron chi connectivity index (χ2n) is 7.29. The fraction of sp³-hybridized carbons (Fsp3) is 0.688. The van der Waals surface area contributed by atoms with Crippen LogP contribution in [0.15, 0.2) is 11.0 Å². The van der Waals surface area contributed by atoms with E-state index in [0.29, 0.717) is 4.90 Å². The highest BCUT2D eigenvalue weighted by atomic mass is 32.1. The molecule has 0 bridgehead atoms. The first-order valence-electron chi connectivity index (χ1n) is 8.62. The number of rotatable bonds is 4. The van der Waals surface area contributed by atoms with Crippen molar-refractivity contribution < 1.29 is 37.3 Å². The predicted octanol–water partition coefficient (Wildman–Crippen LogP) is 0.836. The summed E-state index contributed by atoms with van der Waals surface area (Å²) in [6, 6.07) is 0. The summed E-state index contributed by atoms with van der Waals surface area (Å²) in [5, 5.41) is 9.57. The molecule has 2 aliphatic rings. The molecule has 4 atom stereocenters. The number of alkyl halides is 3. The minimum absolute atomic E-state index is 0.0563. The summed E-state index contributed by atoms with van der Waals surface area (Å²) in [7, 11) is 0.932. The van der Waals surface area contributed by atoms with Gasteiger partial charge in [0.25, 0.3) is 5.56 Å². The Labute approximate surface area is 168 Å². The first-order chi connectivity index (χ1) is 13.3. The molecule has 3 heterocycles. The fourth-order valence-corrected chi connectivity index (χ4v) is 3.65. The molecule has 1 aromatic heterocycles. The topological polar surface area (TPSA) is 106 Å². The summed E-state index contributed by atoms with van der Waals surface area (Å²) in [5.41, 5.74) is -0.866. The van der Waals surface area contributed by atoms with Crippen LogP contribution >= 0.6 is 12.2 Å². The van der Waals surface area contributed by atoms with Crippen LogP contribution in [0.1, 0.15) is 25.6 Å². The largest absolute Gasteiger partial charge is 0.471 e. The molecule has 0 aliphatic carbocycles. The molecule has 3 rings (SSSR count). The number of halogens is 3. The Morgan fingerprint density at radius 3 is 2.59 bits per heavy atom. The van der Waals surface area contributed by atoms with Crippen molar-refractivity contribution in [2.45, 2.75) is 56.9 Å². The number of carbonyl (C=O) groups is 1. The number of H-pyrrole nitrogens is 1. The quantitative estimate of drug-likeness (QED) is 0.670. The zero-order valence-electron chi connectivity index (χ0n) is 15.7. The molecule has 2 aliphatic heterocycles. The zero-order chi connectivity index (χ0) is 21.7. The number of carbonyl (C=O) groups excluding carboxylic acids is 1. The first kappa shape index (κ1) is 21.9. The Bertz CT molecular complexity index is 914. The molecule has 1 unspecified atom stereocenters. The summed E-state index contributed by atoms with van der Waals surface area (Å²) < 4.78 is 56.5. The third kappa shape index (κ3) is 4.23. The van der Waals surface area contributed by atoms with Crippen LogP contribution in [0.25, 0.3) is 0 Å². The second-order valence-corrected chi connectivity index (χ2v) is 7.68. The number of amides is 1. The number of hydrogen-bond donors (Lipinski definition) is 2. The standard InChI is InChI=1S/C16H20F3N3O6S/c1-15(2)27-9-8(6-23)26-12(10(9)28-15)22-5-7(11(24)20-14(22)29)4-21(3)13(25)16(17,18)19/h5,8-10,12,23H,4,6H2,1-3H3,(H,20,24,29)/t8-,9?,10+,12-/m1/s1. The maximum absolute atomic E-state index is 12.6. The molecule has 0 radical (unpaired) electrons. The van der Waals surface area contributed by atoms with Gasteiger partial charge >= 0.3 is 12.1 Å². The molecule has 1 amide bonds. The van der Waals surface area contributed by atoms with Gasteiger partial charge in [-0.2, -0.15) is 13.2 Å². The smallest absolute Gasteiger partial charge is 0.394 e. The van der Waals surface area contributed by atoms with Crippen LogP contribution in [0.4, 0.5) is 13.2 Å². The van der Waals surface area contributed by atoms with Crippen LogP contribution in [0.2, 0.25) is 0 Å². The van der Waals surface area contributed by atoms with Crippen LogP contribution in [-0.4, -0.2) is 69.4 Å². The van der Waals surface area contributed by atoms with Gasteiger partial charge in [0.1, 0.15) is 18.3 Å². The molecule has 13 heteroatoms. The van der Waals surface area contributed by atoms with E-state index in [9.17, 15) is 27.9 Å². The van der Waals surface area contributed by atoms with Crippen molar-refractivity contribution in [2.24, 2.45) is 0 Å². The van der Waals surface area contributed by atoms with E-state index in [-0.39, 0.29) is 16.9 Å². The van der Waals surface area contributed by atoms with Gasteiger partial charge in [0.15, 0.2) is 16.8 Å². The lowest BCUT2D eigenvalue weighted by molar-refractivity contribution is -0.200. The van der Waals surface area contributed by atoms with Crippen molar-refractivity contribution in [3.63, 3.8) is 0 Å². The lowest BCUT2D eigenvalue weighted by atomic mass is 10.1. The van der Waals surface area contributed by atoms with Crippen molar-refractivity contribution in [3.8, 4) is 0 Å². The number of aromatic amines is 1. The molecular weight excluding hydrogens is 419 g/mol. The molecule has 162 valence electrons. The van der Waals surface area contributed by atoms with E-state index < -0.39 is 54.5 Å². The van der Waals surface area contributed by atoms with Crippen LogP contribution < -0.4 is 5.56 Å². The van der Waals surface area contributed by atoms with Crippen LogP contribution in [0.3, 0.4) is 0 Å². The lowest BCUT2D eigenvalue weighted by Crippen LogP contribution is -2.39. The monoisotopic (exact) mass is 439 g/mol. The number of nitrogens with zero attached hydrogens (tertiary/aromatic N) is 2. The van der Waals surface area contributed by atoms with Gasteiger partial charge in [0.2, 0.25) is 0 Å². The van der Waals surface area contributed by atoms with Gasteiger partial charge in [0, 0.05) is 13.2 Å². The van der Waals surface area contributed by atoms with Gasteiger partial charge in [-0.1, -0.05) is 0 Å². The Morgan fingerprint density at radius 2 is 2.00 bits per heavy atom. The maximum atomic E-state index is 12.6. The highest BCUT2D eigenvalue weighted by molar-refractivity contribution is 7.71. The zero-order valence-corrected chi connectivity index (χ0v) is 16.5. The van der Waals surface area contributed by atoms with E-state index in [4.69, 9.17) is 26.4 Å². The third-order valence-electron chi connectivity index (χ3n) is 4.62. The van der Waals surface area contributed by atoms with Gasteiger partial charge in [-0.05, 0) is 26.1 Å². The van der Waals surface area contributed by atoms with Crippen LogP contribution in [0, 0.1) is 4.77 Å². The second kappa shape index (κ2) is 7.47. The maximum Gasteiger partial charge on any atom is 0.471 e. The number of aliphatic hydroxyl groups is 1. The predicted molar refractivity (Wildman–Crippen MR) is 93.2 cm³/mol. The molecular formula is C16H20F3N3O6S. The number of nitrogens with one attached hydrogen (secondary N) is 1. The highest BCUT2D eigenvalue weighted by Gasteiger charge is 2.55. The Morgan fingerprint density at radius 1 is 1.38 bits per heavy atom. The van der Waals surface area contributed by atoms with Crippen LogP contribution in [-0.2, 0) is 25.5 Å². The number of ether oxygens (including phenoxy) is 3. The Hall–Kier alpha value is -1.80. The van der Waals surface area contributed by atoms with E-state index in [0.717, 1.165) is 7.05 Å². The van der Waals surface area contributed by atoms with Crippen molar-refractivity contribution in [1.82, 2.24) is 14.5 Å². The van der Waals surface area contributed by atoms with E-state index in [1.54, 1.807) is 13.8 Å². The van der Waals surface area contributed by atoms with Gasteiger partial charge in [-0.25, -0.2) is 0 Å². The molecule has 0 saturated carbocycles. The average molecular weight is 439 g/mol. The molecule has 29 heavy (non-hydrogen) atoms. The summed E-state index contributed by atoms with van der Waals surface area (Å²) in [4.78, 5) is 26.3. The van der Waals surface area contributed by atoms with E-state index in [1.165, 1.54) is 10.8 Å².